The third-order valence-corrected chi connectivity index (χ3v) is 2.21. The molecule has 0 unspecified atom stereocenters. The van der Waals surface area contributed by atoms with Gasteiger partial charge in [0.2, 0.25) is 0 Å². The molecular formula is C8H11N4OS. The van der Waals surface area contributed by atoms with E-state index in [1.807, 2.05) is 19.2 Å². The lowest BCUT2D eigenvalue weighted by Gasteiger charge is -2.24. The zero-order chi connectivity index (χ0) is 10.1. The number of aliphatic hydroxyl groups is 1. The summed E-state index contributed by atoms with van der Waals surface area (Å²) >= 11 is 5.15. The Balaban J connectivity index is 2.19. The number of rotatable bonds is 2. The molecule has 0 aromatic carbocycles. The molecule has 0 aliphatic carbocycles. The summed E-state index contributed by atoms with van der Waals surface area (Å²) in [5.41, 5.74) is 3.89. The Labute approximate surface area is 87.8 Å². The number of β-amino-alcohol motifs (C(OH)–C–C–N with tert-alkyl or cyclic N) is 1. The van der Waals surface area contributed by atoms with E-state index in [2.05, 4.69) is 10.5 Å². The predicted molar refractivity (Wildman–Crippen MR) is 55.6 cm³/mol. The molecule has 2 N–H and O–H groups in total. The van der Waals surface area contributed by atoms with Crippen LogP contribution in [-0.2, 0) is 0 Å². The first-order valence-electron chi connectivity index (χ1n) is 4.30. The van der Waals surface area contributed by atoms with Crippen LogP contribution < -0.4 is 5.53 Å². The van der Waals surface area contributed by atoms with Gasteiger partial charge < -0.3 is 5.11 Å². The van der Waals surface area contributed by atoms with Crippen LogP contribution in [0, 0.1) is 0 Å². The van der Waals surface area contributed by atoms with Gasteiger partial charge in [0.15, 0.2) is 5.82 Å². The van der Waals surface area contributed by atoms with Gasteiger partial charge in [0.05, 0.1) is 19.4 Å². The van der Waals surface area contributed by atoms with Crippen molar-refractivity contribution in [2.24, 2.45) is 4.99 Å². The van der Waals surface area contributed by atoms with Crippen molar-refractivity contribution in [1.29, 1.82) is 0 Å². The molecule has 0 aromatic rings. The van der Waals surface area contributed by atoms with Crippen molar-refractivity contribution >= 4 is 18.3 Å². The van der Waals surface area contributed by atoms with E-state index in [-0.39, 0.29) is 6.61 Å². The Hall–Kier alpha value is -1.11. The maximum Gasteiger partial charge on any atom is 0.167 e. The summed E-state index contributed by atoms with van der Waals surface area (Å²) in [6.45, 7) is 2.50. The highest BCUT2D eigenvalue weighted by Gasteiger charge is 2.24. The summed E-state index contributed by atoms with van der Waals surface area (Å²) in [6.07, 6.45) is 3.64. The lowest BCUT2D eigenvalue weighted by molar-refractivity contribution is 0.137. The van der Waals surface area contributed by atoms with Crippen LogP contribution in [-0.4, -0.2) is 34.0 Å². The predicted octanol–water partition coefficient (Wildman–Crippen LogP) is 0.328. The molecule has 0 bridgehead atoms. The summed E-state index contributed by atoms with van der Waals surface area (Å²) in [7, 11) is 0. The van der Waals surface area contributed by atoms with Gasteiger partial charge in [-0.05, 0) is 13.0 Å². The van der Waals surface area contributed by atoms with Gasteiger partial charge in [0.25, 0.3) is 0 Å². The van der Waals surface area contributed by atoms with E-state index in [1.54, 1.807) is 10.0 Å². The summed E-state index contributed by atoms with van der Waals surface area (Å²) in [5, 5.41) is 12.9. The van der Waals surface area contributed by atoms with E-state index >= 15 is 0 Å². The highest BCUT2D eigenvalue weighted by atomic mass is 32.1. The third kappa shape index (κ3) is 1.59. The number of aliphatic imine (C=N–C) groups is 1. The minimum Gasteiger partial charge on any atom is -0.394 e. The Morgan fingerprint density at radius 3 is 3.14 bits per heavy atom. The zero-order valence-corrected chi connectivity index (χ0v) is 8.58. The van der Waals surface area contributed by atoms with E-state index in [4.69, 9.17) is 17.7 Å². The topological polar surface area (TPSA) is 51.1 Å². The summed E-state index contributed by atoms with van der Waals surface area (Å²) in [4.78, 5) is 4.30. The van der Waals surface area contributed by atoms with Gasteiger partial charge in [-0.3, -0.25) is 5.01 Å². The smallest absolute Gasteiger partial charge is 0.167 e. The van der Waals surface area contributed by atoms with Gasteiger partial charge in [-0.1, -0.05) is 12.6 Å². The lowest BCUT2D eigenvalue weighted by atomic mass is 10.3. The SMILES string of the molecule is CC1=NC2=CN(CCO)NN2C([S])=C1. The van der Waals surface area contributed by atoms with Crippen molar-refractivity contribution in [2.75, 3.05) is 13.2 Å². The molecule has 14 heavy (non-hydrogen) atoms. The number of hydrazine groups is 2. The largest absolute Gasteiger partial charge is 0.394 e. The first-order valence-corrected chi connectivity index (χ1v) is 4.71. The monoisotopic (exact) mass is 211 g/mol. The minimum absolute atomic E-state index is 0.0871. The molecule has 0 aromatic heterocycles. The van der Waals surface area contributed by atoms with E-state index in [9.17, 15) is 0 Å². The molecule has 0 spiro atoms. The molecule has 6 heteroatoms. The molecule has 0 saturated heterocycles. The molecule has 0 atom stereocenters. The first-order chi connectivity index (χ1) is 6.70. The second-order valence-corrected chi connectivity index (χ2v) is 3.49. The summed E-state index contributed by atoms with van der Waals surface area (Å²) < 4.78 is 0. The zero-order valence-electron chi connectivity index (χ0n) is 7.77. The Kier molecular flexibility index (Phi) is 2.40. The second kappa shape index (κ2) is 3.56. The molecule has 0 saturated carbocycles. The third-order valence-electron chi connectivity index (χ3n) is 1.91. The van der Waals surface area contributed by atoms with Crippen LogP contribution in [0.3, 0.4) is 0 Å². The van der Waals surface area contributed by atoms with Crippen LogP contribution in [0.1, 0.15) is 6.92 Å². The summed E-state index contributed by atoms with van der Waals surface area (Å²) in [5.74, 6) is 0.767. The van der Waals surface area contributed by atoms with Gasteiger partial charge in [0, 0.05) is 5.71 Å². The molecular weight excluding hydrogens is 200 g/mol. The van der Waals surface area contributed by atoms with E-state index < -0.39 is 0 Å². The highest BCUT2D eigenvalue weighted by molar-refractivity contribution is 7.84. The van der Waals surface area contributed by atoms with Crippen molar-refractivity contribution < 1.29 is 5.11 Å². The van der Waals surface area contributed by atoms with Crippen LogP contribution in [0.4, 0.5) is 0 Å². The van der Waals surface area contributed by atoms with Crippen LogP contribution >= 0.6 is 12.6 Å². The van der Waals surface area contributed by atoms with Gasteiger partial charge in [-0.15, -0.1) is 5.53 Å². The Morgan fingerprint density at radius 1 is 1.64 bits per heavy atom. The number of nitrogens with zero attached hydrogens (tertiary/aromatic N) is 3. The molecule has 5 nitrogen and oxygen atoms in total. The summed E-state index contributed by atoms with van der Waals surface area (Å²) in [6, 6.07) is 0. The molecule has 0 fully saturated rings. The fourth-order valence-electron chi connectivity index (χ4n) is 1.33. The Bertz CT molecular complexity index is 336. The normalized spacial score (nSPS) is 20.3. The minimum atomic E-state index is 0.0871. The van der Waals surface area contributed by atoms with Crippen molar-refractivity contribution in [3.63, 3.8) is 0 Å². The number of allylic oxidation sites excluding steroid dienone is 1. The lowest BCUT2D eigenvalue weighted by Crippen LogP contribution is -2.40. The quantitative estimate of drug-likeness (QED) is 0.691. The van der Waals surface area contributed by atoms with Crippen LogP contribution in [0.25, 0.3) is 0 Å². The fraction of sp³-hybridized carbons (Fsp3) is 0.375. The second-order valence-electron chi connectivity index (χ2n) is 3.08. The standard InChI is InChI=1S/C8H11N4OS/c1-6-4-8(14)12-7(9-6)5-11(10-12)2-3-13/h4-5,10,13H,2-3H2,1H3. The number of aliphatic hydroxyl groups excluding tert-OH is 1. The van der Waals surface area contributed by atoms with Gasteiger partial charge in [0.1, 0.15) is 5.03 Å². The maximum atomic E-state index is 8.77. The molecule has 2 heterocycles. The van der Waals surface area contributed by atoms with E-state index in [0.29, 0.717) is 11.6 Å². The van der Waals surface area contributed by atoms with Gasteiger partial charge in [-0.25, -0.2) is 10.0 Å². The fourth-order valence-corrected chi connectivity index (χ4v) is 1.63. The van der Waals surface area contributed by atoms with E-state index in [1.165, 1.54) is 0 Å². The average Bonchev–Trinajstić information content (AvgIpc) is 2.48. The number of hydrogen-bond donors (Lipinski definition) is 2. The van der Waals surface area contributed by atoms with Crippen molar-refractivity contribution in [2.45, 2.75) is 6.92 Å². The average molecular weight is 211 g/mol. The van der Waals surface area contributed by atoms with Crippen LogP contribution in [0.2, 0.25) is 0 Å². The first kappa shape index (κ1) is 9.45. The molecule has 0 amide bonds. The Morgan fingerprint density at radius 2 is 2.43 bits per heavy atom. The van der Waals surface area contributed by atoms with Gasteiger partial charge in [-0.2, -0.15) is 0 Å². The molecule has 2 rings (SSSR count). The highest BCUT2D eigenvalue weighted by Crippen LogP contribution is 2.24. The number of fused-ring (bicyclic) bond motifs is 1. The molecule has 2 aliphatic rings. The molecule has 1 radical (unpaired) electrons. The molecule has 75 valence electrons. The van der Waals surface area contributed by atoms with Crippen LogP contribution in [0.15, 0.2) is 28.1 Å². The molecule has 2 aliphatic heterocycles. The van der Waals surface area contributed by atoms with E-state index in [0.717, 1.165) is 11.5 Å². The van der Waals surface area contributed by atoms with Crippen molar-refractivity contribution in [3.05, 3.63) is 23.1 Å². The van der Waals surface area contributed by atoms with Crippen molar-refractivity contribution in [1.82, 2.24) is 15.6 Å². The number of hydrogen-bond acceptors (Lipinski definition) is 5. The van der Waals surface area contributed by atoms with Crippen LogP contribution in [0.5, 0.6) is 0 Å². The van der Waals surface area contributed by atoms with Gasteiger partial charge >= 0.3 is 0 Å². The number of nitrogens with one attached hydrogen (secondary N) is 1. The van der Waals surface area contributed by atoms with Crippen molar-refractivity contribution in [3.8, 4) is 0 Å². The maximum absolute atomic E-state index is 8.77.